The van der Waals surface area contributed by atoms with Crippen molar-refractivity contribution in [3.63, 3.8) is 0 Å². The Hall–Kier alpha value is -2.08. The predicted octanol–water partition coefficient (Wildman–Crippen LogP) is 1.90. The molecule has 1 atom stereocenters. The number of ether oxygens (including phenoxy) is 1. The summed E-state index contributed by atoms with van der Waals surface area (Å²) in [6.07, 6.45) is 0. The van der Waals surface area contributed by atoms with Gasteiger partial charge in [-0.1, -0.05) is 13.8 Å². The van der Waals surface area contributed by atoms with Gasteiger partial charge in [-0.15, -0.1) is 0 Å². The van der Waals surface area contributed by atoms with Gasteiger partial charge in [0, 0.05) is 5.69 Å². The van der Waals surface area contributed by atoms with Crippen molar-refractivity contribution < 1.29 is 14.3 Å². The number of nitrogens with two attached hydrogens (primary N) is 1. The van der Waals surface area contributed by atoms with Gasteiger partial charge in [-0.05, 0) is 51.0 Å². The Labute approximate surface area is 137 Å². The summed E-state index contributed by atoms with van der Waals surface area (Å²) in [7, 11) is 0. The second-order valence-electron chi connectivity index (χ2n) is 6.77. The van der Waals surface area contributed by atoms with Gasteiger partial charge in [-0.2, -0.15) is 0 Å². The van der Waals surface area contributed by atoms with Gasteiger partial charge in [0.2, 0.25) is 11.8 Å². The van der Waals surface area contributed by atoms with Crippen LogP contribution in [0.1, 0.15) is 34.6 Å². The summed E-state index contributed by atoms with van der Waals surface area (Å²) in [6, 6.07) is 6.46. The number of carbonyl (C=O) groups excluding carboxylic acids is 2. The number of rotatable bonds is 6. The number of benzene rings is 1. The number of anilines is 1. The number of hydrogen-bond donors (Lipinski definition) is 3. The fourth-order valence-corrected chi connectivity index (χ4v) is 1.75. The van der Waals surface area contributed by atoms with Crippen LogP contribution in [-0.2, 0) is 9.59 Å². The lowest BCUT2D eigenvalue weighted by molar-refractivity contribution is -0.125. The van der Waals surface area contributed by atoms with Gasteiger partial charge in [-0.25, -0.2) is 0 Å². The number of hydrogen-bond acceptors (Lipinski definition) is 4. The molecule has 0 spiro atoms. The third-order valence-electron chi connectivity index (χ3n) is 3.01. The molecule has 23 heavy (non-hydrogen) atoms. The maximum Gasteiger partial charge on any atom is 0.243 e. The van der Waals surface area contributed by atoms with Gasteiger partial charge in [-0.3, -0.25) is 9.59 Å². The average Bonchev–Trinajstić information content (AvgIpc) is 2.44. The number of amides is 2. The Morgan fingerprint density at radius 2 is 1.74 bits per heavy atom. The Bertz CT molecular complexity index is 533. The van der Waals surface area contributed by atoms with E-state index < -0.39 is 6.04 Å². The number of nitrogens with one attached hydrogen (secondary N) is 2. The van der Waals surface area contributed by atoms with Crippen LogP contribution in [0.25, 0.3) is 0 Å². The smallest absolute Gasteiger partial charge is 0.243 e. The third kappa shape index (κ3) is 7.15. The molecule has 0 fully saturated rings. The molecule has 0 aliphatic rings. The van der Waals surface area contributed by atoms with Crippen LogP contribution >= 0.6 is 0 Å². The summed E-state index contributed by atoms with van der Waals surface area (Å²) < 4.78 is 5.71. The number of carbonyl (C=O) groups is 2. The van der Waals surface area contributed by atoms with Crippen molar-refractivity contribution in [3.8, 4) is 5.75 Å². The highest BCUT2D eigenvalue weighted by Gasteiger charge is 2.17. The van der Waals surface area contributed by atoms with Crippen molar-refractivity contribution in [2.75, 3.05) is 11.9 Å². The molecular formula is C17H27N3O3. The topological polar surface area (TPSA) is 93.5 Å². The van der Waals surface area contributed by atoms with Crippen LogP contribution in [0.3, 0.4) is 0 Å². The van der Waals surface area contributed by atoms with E-state index in [-0.39, 0.29) is 29.9 Å². The molecule has 128 valence electrons. The maximum atomic E-state index is 11.8. The first-order valence-corrected chi connectivity index (χ1v) is 7.71. The molecule has 0 saturated carbocycles. The first-order valence-electron chi connectivity index (χ1n) is 7.71. The Balaban J connectivity index is 2.47. The molecule has 1 rings (SSSR count). The largest absolute Gasteiger partial charge is 0.488 e. The van der Waals surface area contributed by atoms with Crippen molar-refractivity contribution in [2.24, 2.45) is 11.7 Å². The second-order valence-corrected chi connectivity index (χ2v) is 6.77. The fraction of sp³-hybridized carbons (Fsp3) is 0.529. The quantitative estimate of drug-likeness (QED) is 0.746. The lowest BCUT2D eigenvalue weighted by Crippen LogP contribution is -2.46. The minimum absolute atomic E-state index is 0.0217. The van der Waals surface area contributed by atoms with Crippen molar-refractivity contribution >= 4 is 17.5 Å². The molecule has 0 unspecified atom stereocenters. The second kappa shape index (κ2) is 7.97. The normalized spacial score (nSPS) is 12.7. The summed E-state index contributed by atoms with van der Waals surface area (Å²) in [5, 5.41) is 5.23. The van der Waals surface area contributed by atoms with E-state index in [0.717, 1.165) is 5.75 Å². The lowest BCUT2D eigenvalue weighted by atomic mass is 10.1. The van der Waals surface area contributed by atoms with Gasteiger partial charge in [0.05, 0.1) is 12.6 Å². The van der Waals surface area contributed by atoms with Crippen molar-refractivity contribution in [2.45, 2.75) is 46.3 Å². The molecule has 0 radical (unpaired) electrons. The fourth-order valence-electron chi connectivity index (χ4n) is 1.75. The molecule has 0 saturated heterocycles. The van der Waals surface area contributed by atoms with Crippen LogP contribution in [0.15, 0.2) is 24.3 Å². The molecule has 1 aromatic rings. The highest BCUT2D eigenvalue weighted by atomic mass is 16.5. The molecule has 1 aromatic carbocycles. The van der Waals surface area contributed by atoms with E-state index in [9.17, 15) is 9.59 Å². The van der Waals surface area contributed by atoms with Crippen molar-refractivity contribution in [3.05, 3.63) is 24.3 Å². The first kappa shape index (κ1) is 19.0. The van der Waals surface area contributed by atoms with Crippen LogP contribution in [0.2, 0.25) is 0 Å². The van der Waals surface area contributed by atoms with Crippen LogP contribution in [0, 0.1) is 5.92 Å². The maximum absolute atomic E-state index is 11.8. The standard InChI is InChI=1S/C17H27N3O3/c1-11(2)15(18)16(22)19-10-14(21)20-12-6-8-13(9-7-12)23-17(3,4)5/h6-9,11,15H,10,18H2,1-5H3,(H,19,22)(H,20,21)/t15-/m0/s1. The molecule has 0 aliphatic heterocycles. The summed E-state index contributed by atoms with van der Waals surface area (Å²) in [4.78, 5) is 23.5. The highest BCUT2D eigenvalue weighted by molar-refractivity contribution is 5.95. The van der Waals surface area contributed by atoms with E-state index in [1.165, 1.54) is 0 Å². The Morgan fingerprint density at radius 1 is 1.17 bits per heavy atom. The molecule has 0 bridgehead atoms. The first-order chi connectivity index (χ1) is 10.6. The molecule has 6 nitrogen and oxygen atoms in total. The monoisotopic (exact) mass is 321 g/mol. The Morgan fingerprint density at radius 3 is 2.22 bits per heavy atom. The van der Waals surface area contributed by atoms with E-state index in [2.05, 4.69) is 10.6 Å². The van der Waals surface area contributed by atoms with Crippen molar-refractivity contribution in [1.29, 1.82) is 0 Å². The molecule has 4 N–H and O–H groups in total. The van der Waals surface area contributed by atoms with Crippen molar-refractivity contribution in [1.82, 2.24) is 5.32 Å². The molecule has 0 aliphatic carbocycles. The van der Waals surface area contributed by atoms with Crippen LogP contribution < -0.4 is 21.1 Å². The summed E-state index contributed by atoms with van der Waals surface area (Å²) in [5.74, 6) is 0.114. The zero-order chi connectivity index (χ0) is 17.6. The molecular weight excluding hydrogens is 294 g/mol. The summed E-state index contributed by atoms with van der Waals surface area (Å²) in [6.45, 7) is 9.49. The highest BCUT2D eigenvalue weighted by Crippen LogP contribution is 2.20. The molecule has 6 heteroatoms. The van der Waals surface area contributed by atoms with Crippen LogP contribution in [-0.4, -0.2) is 30.0 Å². The van der Waals surface area contributed by atoms with Gasteiger partial charge < -0.3 is 21.1 Å². The zero-order valence-electron chi connectivity index (χ0n) is 14.5. The van der Waals surface area contributed by atoms with E-state index >= 15 is 0 Å². The van der Waals surface area contributed by atoms with Gasteiger partial charge >= 0.3 is 0 Å². The van der Waals surface area contributed by atoms with Gasteiger partial charge in [0.1, 0.15) is 11.4 Å². The van der Waals surface area contributed by atoms with Crippen LogP contribution in [0.4, 0.5) is 5.69 Å². The SMILES string of the molecule is CC(C)[C@H](N)C(=O)NCC(=O)Nc1ccc(OC(C)(C)C)cc1. The minimum atomic E-state index is -0.614. The minimum Gasteiger partial charge on any atom is -0.488 e. The third-order valence-corrected chi connectivity index (χ3v) is 3.01. The van der Waals surface area contributed by atoms with E-state index in [1.54, 1.807) is 24.3 Å². The van der Waals surface area contributed by atoms with Crippen LogP contribution in [0.5, 0.6) is 5.75 Å². The molecule has 0 heterocycles. The summed E-state index contributed by atoms with van der Waals surface area (Å²) in [5.41, 5.74) is 6.07. The Kier molecular flexibility index (Phi) is 6.57. The van der Waals surface area contributed by atoms with E-state index in [4.69, 9.17) is 10.5 Å². The van der Waals surface area contributed by atoms with E-state index in [0.29, 0.717) is 5.69 Å². The average molecular weight is 321 g/mol. The lowest BCUT2D eigenvalue weighted by Gasteiger charge is -2.21. The van der Waals surface area contributed by atoms with Gasteiger partial charge in [0.25, 0.3) is 0 Å². The predicted molar refractivity (Wildman–Crippen MR) is 91.3 cm³/mol. The zero-order valence-corrected chi connectivity index (χ0v) is 14.5. The summed E-state index contributed by atoms with van der Waals surface area (Å²) >= 11 is 0. The molecule has 0 aromatic heterocycles. The van der Waals surface area contributed by atoms with E-state index in [1.807, 2.05) is 34.6 Å². The molecule has 2 amide bonds. The van der Waals surface area contributed by atoms with Gasteiger partial charge in [0.15, 0.2) is 0 Å².